The van der Waals surface area contributed by atoms with Gasteiger partial charge in [-0.05, 0) is 12.1 Å². The molecule has 1 aliphatic rings. The Morgan fingerprint density at radius 2 is 1.96 bits per heavy atom. The second-order valence-electron chi connectivity index (χ2n) is 5.86. The highest BCUT2D eigenvalue weighted by Gasteiger charge is 2.59. The van der Waals surface area contributed by atoms with Gasteiger partial charge in [0.25, 0.3) is 0 Å². The van der Waals surface area contributed by atoms with Gasteiger partial charge in [0, 0.05) is 23.4 Å². The number of ether oxygens (including phenoxy) is 1. The average molecular weight is 402 g/mol. The zero-order chi connectivity index (χ0) is 20.1. The van der Waals surface area contributed by atoms with Crippen LogP contribution in [-0.4, -0.2) is 30.7 Å². The van der Waals surface area contributed by atoms with E-state index < -0.39 is 55.8 Å². The highest BCUT2D eigenvalue weighted by atomic mass is 32.2. The van der Waals surface area contributed by atoms with Crippen LogP contribution in [0.25, 0.3) is 0 Å². The Bertz CT molecular complexity index is 1080. The Balaban J connectivity index is 2.21. The Morgan fingerprint density at radius 1 is 1.30 bits per heavy atom. The molecule has 2 aromatic rings. The molecule has 0 spiro atoms. The van der Waals surface area contributed by atoms with Crippen LogP contribution in [0.15, 0.2) is 29.4 Å². The number of rotatable bonds is 3. The molecule has 1 aliphatic carbocycles. The fraction of sp³-hybridized carbons (Fsp3) is 0.250. The molecule has 0 aliphatic heterocycles. The number of hydrogen-bond donors (Lipinski definition) is 1. The summed E-state index contributed by atoms with van der Waals surface area (Å²) in [5.74, 6) is -6.14. The van der Waals surface area contributed by atoms with E-state index in [4.69, 9.17) is 10.00 Å². The predicted octanol–water partition coefficient (Wildman–Crippen LogP) is 2.98. The zero-order valence-corrected chi connectivity index (χ0v) is 14.3. The number of hydrogen-bond acceptors (Lipinski definition) is 6. The lowest BCUT2D eigenvalue weighted by Crippen LogP contribution is -2.24. The molecule has 0 radical (unpaired) electrons. The van der Waals surface area contributed by atoms with E-state index in [1.165, 1.54) is 0 Å². The molecule has 3 rings (SSSR count). The average Bonchev–Trinajstić information content (AvgIpc) is 2.75. The summed E-state index contributed by atoms with van der Waals surface area (Å²) < 4.78 is 84.6. The van der Waals surface area contributed by atoms with Crippen molar-refractivity contribution in [2.45, 2.75) is 23.2 Å². The van der Waals surface area contributed by atoms with Gasteiger partial charge in [0.1, 0.15) is 17.7 Å². The molecule has 11 heteroatoms. The molecule has 1 aromatic carbocycles. The monoisotopic (exact) mass is 402 g/mol. The van der Waals surface area contributed by atoms with Crippen LogP contribution in [0.2, 0.25) is 0 Å². The quantitative estimate of drug-likeness (QED) is 0.793. The first kappa shape index (κ1) is 19.1. The number of aliphatic hydroxyl groups excluding tert-OH is 1. The van der Waals surface area contributed by atoms with Gasteiger partial charge in [-0.25, -0.2) is 22.2 Å². The summed E-state index contributed by atoms with van der Waals surface area (Å²) in [5, 5.41) is 17.7. The summed E-state index contributed by atoms with van der Waals surface area (Å²) in [7, 11) is -4.17. The summed E-state index contributed by atoms with van der Waals surface area (Å²) in [6.45, 7) is 0. The van der Waals surface area contributed by atoms with E-state index in [2.05, 4.69) is 4.98 Å². The van der Waals surface area contributed by atoms with Crippen molar-refractivity contribution >= 4 is 9.84 Å². The van der Waals surface area contributed by atoms with E-state index in [0.717, 1.165) is 18.2 Å². The lowest BCUT2D eigenvalue weighted by Gasteiger charge is -2.16. The molecule has 1 N–H and O–H groups in total. The van der Waals surface area contributed by atoms with Gasteiger partial charge in [-0.15, -0.1) is 0 Å². The van der Waals surface area contributed by atoms with Crippen molar-refractivity contribution in [1.29, 1.82) is 5.26 Å². The molecular formula is C16H10F4N2O4S. The summed E-state index contributed by atoms with van der Waals surface area (Å²) in [6, 6.07) is 4.42. The third kappa shape index (κ3) is 3.11. The summed E-state index contributed by atoms with van der Waals surface area (Å²) in [5.41, 5.74) is -1.96. The van der Waals surface area contributed by atoms with Crippen molar-refractivity contribution in [3.63, 3.8) is 0 Å². The van der Waals surface area contributed by atoms with Crippen molar-refractivity contribution in [1.82, 2.24) is 4.98 Å². The molecule has 1 heterocycles. The second-order valence-corrected chi connectivity index (χ2v) is 7.79. The normalized spacial score (nSPS) is 20.8. The van der Waals surface area contributed by atoms with Crippen LogP contribution < -0.4 is 4.74 Å². The van der Waals surface area contributed by atoms with Gasteiger partial charge in [-0.2, -0.15) is 14.0 Å². The Morgan fingerprint density at radius 3 is 2.56 bits per heavy atom. The van der Waals surface area contributed by atoms with Crippen molar-refractivity contribution in [2.24, 2.45) is 0 Å². The van der Waals surface area contributed by atoms with E-state index in [0.29, 0.717) is 12.5 Å². The van der Waals surface area contributed by atoms with E-state index in [1.807, 2.05) is 0 Å². The Kier molecular flexibility index (Phi) is 4.36. The molecule has 0 amide bonds. The maximum absolute atomic E-state index is 14.4. The van der Waals surface area contributed by atoms with Gasteiger partial charge in [0.2, 0.25) is 0 Å². The zero-order valence-electron chi connectivity index (χ0n) is 13.5. The minimum atomic E-state index is -4.32. The molecule has 1 aromatic heterocycles. The number of nitrogens with zero attached hydrogens (tertiary/aromatic N) is 2. The molecule has 0 saturated carbocycles. The summed E-state index contributed by atoms with van der Waals surface area (Å²) in [6.07, 6.45) is -4.49. The predicted molar refractivity (Wildman–Crippen MR) is 82.3 cm³/mol. The molecular weight excluding hydrogens is 392 g/mol. The first-order chi connectivity index (χ1) is 12.5. The van der Waals surface area contributed by atoms with E-state index in [9.17, 15) is 31.1 Å². The van der Waals surface area contributed by atoms with Crippen LogP contribution in [-0.2, 0) is 9.84 Å². The van der Waals surface area contributed by atoms with Gasteiger partial charge < -0.3 is 9.84 Å². The SMILES string of the molecule is CS(=O)(=O)c1ncc(Oc2cc(F)cc(C#N)c2)c2c1[C@H](O)C(F)(F)[C@@H]2F. The van der Waals surface area contributed by atoms with Crippen molar-refractivity contribution < 1.29 is 35.8 Å². The topological polar surface area (TPSA) is 100 Å². The number of fused-ring (bicyclic) bond motifs is 1. The van der Waals surface area contributed by atoms with E-state index >= 15 is 0 Å². The van der Waals surface area contributed by atoms with E-state index in [-0.39, 0.29) is 11.3 Å². The number of sulfone groups is 1. The number of halogens is 4. The molecule has 0 saturated heterocycles. The van der Waals surface area contributed by atoms with Gasteiger partial charge in [0.15, 0.2) is 26.8 Å². The van der Waals surface area contributed by atoms with Crippen LogP contribution in [0.4, 0.5) is 17.6 Å². The molecule has 0 unspecified atom stereocenters. The Hall–Kier alpha value is -2.71. The highest BCUT2D eigenvalue weighted by Crippen LogP contribution is 2.56. The summed E-state index contributed by atoms with van der Waals surface area (Å²) >= 11 is 0. The van der Waals surface area contributed by atoms with Crippen LogP contribution in [0.5, 0.6) is 11.5 Å². The summed E-state index contributed by atoms with van der Waals surface area (Å²) in [4.78, 5) is 3.50. The van der Waals surface area contributed by atoms with E-state index in [1.54, 1.807) is 6.07 Å². The second kappa shape index (κ2) is 6.17. The van der Waals surface area contributed by atoms with Crippen LogP contribution in [0, 0.1) is 17.1 Å². The molecule has 6 nitrogen and oxygen atoms in total. The van der Waals surface area contributed by atoms with Gasteiger partial charge in [-0.1, -0.05) is 0 Å². The lowest BCUT2D eigenvalue weighted by molar-refractivity contribution is -0.144. The maximum atomic E-state index is 14.4. The van der Waals surface area contributed by atoms with Gasteiger partial charge in [-0.3, -0.25) is 0 Å². The Labute approximate surface area is 150 Å². The van der Waals surface area contributed by atoms with Gasteiger partial charge >= 0.3 is 5.92 Å². The lowest BCUT2D eigenvalue weighted by atomic mass is 10.1. The largest absolute Gasteiger partial charge is 0.455 e. The van der Waals surface area contributed by atoms with Crippen molar-refractivity contribution in [2.75, 3.05) is 6.26 Å². The third-order valence-electron chi connectivity index (χ3n) is 3.89. The number of pyridine rings is 1. The van der Waals surface area contributed by atoms with Crippen molar-refractivity contribution in [3.8, 4) is 17.6 Å². The first-order valence-electron chi connectivity index (χ1n) is 7.28. The minimum Gasteiger partial charge on any atom is -0.455 e. The molecule has 142 valence electrons. The fourth-order valence-electron chi connectivity index (χ4n) is 2.74. The van der Waals surface area contributed by atoms with Crippen molar-refractivity contribution in [3.05, 3.63) is 46.9 Å². The number of aromatic nitrogens is 1. The minimum absolute atomic E-state index is 0.149. The molecule has 0 bridgehead atoms. The standard InChI is InChI=1S/C16H10F4N2O4S/c1-27(24,25)15-12-11(13(18)16(19,20)14(12)23)10(6-22-15)26-9-3-7(5-21)2-8(17)4-9/h2-4,6,13-14,23H,1H3/t13-,14+/m1/s1. The number of alkyl halides is 3. The maximum Gasteiger partial charge on any atom is 0.312 e. The smallest absolute Gasteiger partial charge is 0.312 e. The highest BCUT2D eigenvalue weighted by molar-refractivity contribution is 7.90. The number of nitriles is 1. The molecule has 27 heavy (non-hydrogen) atoms. The molecule has 0 fully saturated rings. The first-order valence-corrected chi connectivity index (χ1v) is 9.17. The molecule has 2 atom stereocenters. The van der Waals surface area contributed by atoms with Gasteiger partial charge in [0.05, 0.1) is 17.8 Å². The third-order valence-corrected chi connectivity index (χ3v) is 4.92. The number of aliphatic hydroxyl groups is 1. The van der Waals surface area contributed by atoms with Crippen LogP contribution in [0.1, 0.15) is 29.0 Å². The van der Waals surface area contributed by atoms with Crippen LogP contribution >= 0.6 is 0 Å². The van der Waals surface area contributed by atoms with Crippen LogP contribution in [0.3, 0.4) is 0 Å². The number of benzene rings is 1. The fourth-order valence-corrected chi connectivity index (χ4v) is 3.61.